The number of aromatic nitrogens is 1. The number of hydrogen-bond acceptors (Lipinski definition) is 6. The third kappa shape index (κ3) is 5.84. The molecule has 3 heterocycles. The minimum atomic E-state index is -0.473. The Hall–Kier alpha value is -1.83. The Balaban J connectivity index is 1.57. The molecule has 2 amide bonds. The second kappa shape index (κ2) is 8.13. The van der Waals surface area contributed by atoms with Gasteiger partial charge in [0.25, 0.3) is 0 Å². The van der Waals surface area contributed by atoms with Crippen molar-refractivity contribution in [3.05, 3.63) is 10.6 Å². The number of carbonyl (C=O) groups excluding carboxylic acids is 2. The van der Waals surface area contributed by atoms with Gasteiger partial charge < -0.3 is 19.4 Å². The molecule has 0 atom stereocenters. The van der Waals surface area contributed by atoms with Crippen molar-refractivity contribution >= 4 is 28.5 Å². The number of thiazole rings is 1. The van der Waals surface area contributed by atoms with Gasteiger partial charge >= 0.3 is 6.09 Å². The zero-order valence-corrected chi connectivity index (χ0v) is 19.4. The third-order valence-corrected chi connectivity index (χ3v) is 6.10. The quantitative estimate of drug-likeness (QED) is 0.730. The lowest BCUT2D eigenvalue weighted by atomic mass is 9.91. The number of fused-ring (bicyclic) bond motifs is 1. The molecule has 0 aromatic carbocycles. The fourth-order valence-electron chi connectivity index (χ4n) is 3.50. The molecule has 0 spiro atoms. The Morgan fingerprint density at radius 2 is 1.66 bits per heavy atom. The van der Waals surface area contributed by atoms with Crippen LogP contribution in [0.3, 0.4) is 0 Å². The molecule has 1 fully saturated rings. The molecule has 8 heteroatoms. The molecule has 1 saturated heterocycles. The van der Waals surface area contributed by atoms with Gasteiger partial charge in [0, 0.05) is 50.4 Å². The van der Waals surface area contributed by atoms with Crippen LogP contribution >= 0.6 is 11.3 Å². The van der Waals surface area contributed by atoms with Gasteiger partial charge in [-0.1, -0.05) is 32.1 Å². The molecule has 0 N–H and O–H groups in total. The monoisotopic (exact) mass is 422 g/mol. The van der Waals surface area contributed by atoms with Crippen molar-refractivity contribution in [3.8, 4) is 0 Å². The lowest BCUT2D eigenvalue weighted by molar-refractivity contribution is -0.134. The molecule has 0 unspecified atom stereocenters. The molecular weight excluding hydrogens is 388 g/mol. The highest BCUT2D eigenvalue weighted by Gasteiger charge is 2.30. The van der Waals surface area contributed by atoms with Crippen molar-refractivity contribution in [1.82, 2.24) is 14.8 Å². The second-order valence-electron chi connectivity index (χ2n) is 10.1. The molecule has 162 valence electrons. The highest BCUT2D eigenvalue weighted by atomic mass is 32.1. The van der Waals surface area contributed by atoms with E-state index >= 15 is 0 Å². The van der Waals surface area contributed by atoms with Gasteiger partial charge in [0.2, 0.25) is 5.91 Å². The largest absolute Gasteiger partial charge is 0.444 e. The van der Waals surface area contributed by atoms with Crippen LogP contribution in [0.15, 0.2) is 0 Å². The molecule has 2 aliphatic heterocycles. The van der Waals surface area contributed by atoms with Crippen LogP contribution in [0, 0.1) is 5.41 Å². The summed E-state index contributed by atoms with van der Waals surface area (Å²) in [5.74, 6) is 0.226. The van der Waals surface area contributed by atoms with E-state index in [1.54, 1.807) is 16.2 Å². The summed E-state index contributed by atoms with van der Waals surface area (Å²) >= 11 is 1.69. The average Bonchev–Trinajstić information content (AvgIpc) is 3.02. The van der Waals surface area contributed by atoms with Crippen LogP contribution in [0.1, 0.15) is 58.5 Å². The van der Waals surface area contributed by atoms with Crippen LogP contribution in [0.5, 0.6) is 0 Å². The summed E-state index contributed by atoms with van der Waals surface area (Å²) in [7, 11) is 0. The molecule has 7 nitrogen and oxygen atoms in total. The van der Waals surface area contributed by atoms with Crippen LogP contribution in [0.25, 0.3) is 0 Å². The average molecular weight is 423 g/mol. The third-order valence-electron chi connectivity index (χ3n) is 4.96. The number of nitrogens with zero attached hydrogens (tertiary/aromatic N) is 4. The zero-order chi connectivity index (χ0) is 21.4. The molecule has 1 aromatic rings. The van der Waals surface area contributed by atoms with Gasteiger partial charge in [-0.15, -0.1) is 0 Å². The van der Waals surface area contributed by atoms with Crippen molar-refractivity contribution in [2.24, 2.45) is 5.41 Å². The number of ether oxygens (including phenoxy) is 1. The van der Waals surface area contributed by atoms with Gasteiger partial charge in [-0.3, -0.25) is 4.79 Å². The van der Waals surface area contributed by atoms with Gasteiger partial charge in [0.1, 0.15) is 5.60 Å². The summed E-state index contributed by atoms with van der Waals surface area (Å²) < 4.78 is 5.47. The zero-order valence-electron chi connectivity index (χ0n) is 18.6. The van der Waals surface area contributed by atoms with Crippen molar-refractivity contribution in [1.29, 1.82) is 0 Å². The van der Waals surface area contributed by atoms with Crippen molar-refractivity contribution in [2.75, 3.05) is 37.6 Å². The fraction of sp³-hybridized carbons (Fsp3) is 0.762. The second-order valence-corrected chi connectivity index (χ2v) is 11.2. The lowest BCUT2D eigenvalue weighted by Gasteiger charge is -2.35. The van der Waals surface area contributed by atoms with E-state index in [4.69, 9.17) is 9.72 Å². The molecule has 2 aliphatic rings. The summed E-state index contributed by atoms with van der Waals surface area (Å²) in [5, 5.41) is 1.00. The summed E-state index contributed by atoms with van der Waals surface area (Å²) in [5.41, 5.74) is 0.655. The van der Waals surface area contributed by atoms with Gasteiger partial charge in [-0.2, -0.15) is 0 Å². The van der Waals surface area contributed by atoms with E-state index in [1.807, 2.05) is 25.7 Å². The maximum absolute atomic E-state index is 12.6. The topological polar surface area (TPSA) is 66.0 Å². The summed E-state index contributed by atoms with van der Waals surface area (Å²) in [6.45, 7) is 16.1. The number of amides is 2. The predicted octanol–water partition coefficient (Wildman–Crippen LogP) is 3.52. The number of carbonyl (C=O) groups is 2. The first kappa shape index (κ1) is 21.9. The highest BCUT2D eigenvalue weighted by Crippen LogP contribution is 2.32. The minimum absolute atomic E-state index is 0.00400. The first-order chi connectivity index (χ1) is 13.4. The first-order valence-electron chi connectivity index (χ1n) is 10.4. The Morgan fingerprint density at radius 3 is 2.24 bits per heavy atom. The van der Waals surface area contributed by atoms with E-state index in [0.29, 0.717) is 26.1 Å². The molecule has 1 aromatic heterocycles. The molecule has 29 heavy (non-hydrogen) atoms. The van der Waals surface area contributed by atoms with Crippen LogP contribution in [-0.2, 0) is 22.5 Å². The van der Waals surface area contributed by atoms with E-state index < -0.39 is 5.60 Å². The SMILES string of the molecule is CC(C)(C)CC(=O)N1CCc2nc(N3CCN(C(=O)OC(C)(C)C)CC3)sc2C1. The molecule has 0 saturated carbocycles. The van der Waals surface area contributed by atoms with Crippen LogP contribution in [0.2, 0.25) is 0 Å². The first-order valence-corrected chi connectivity index (χ1v) is 11.2. The van der Waals surface area contributed by atoms with Gasteiger partial charge in [0.15, 0.2) is 5.13 Å². The smallest absolute Gasteiger partial charge is 0.410 e. The maximum atomic E-state index is 12.6. The van der Waals surface area contributed by atoms with Gasteiger partial charge in [-0.05, 0) is 26.2 Å². The lowest BCUT2D eigenvalue weighted by Crippen LogP contribution is -2.50. The number of hydrogen-bond donors (Lipinski definition) is 0. The molecular formula is C21H34N4O3S. The number of rotatable bonds is 2. The maximum Gasteiger partial charge on any atom is 0.410 e. The van der Waals surface area contributed by atoms with Crippen molar-refractivity contribution in [3.63, 3.8) is 0 Å². The highest BCUT2D eigenvalue weighted by molar-refractivity contribution is 7.15. The number of anilines is 1. The standard InChI is InChI=1S/C21H34N4O3S/c1-20(2,3)13-17(26)25-8-7-15-16(14-25)29-18(22-15)23-9-11-24(12-10-23)19(27)28-21(4,5)6/h7-14H2,1-6H3. The summed E-state index contributed by atoms with van der Waals surface area (Å²) in [4.78, 5) is 36.8. The fourth-order valence-corrected chi connectivity index (χ4v) is 4.68. The van der Waals surface area contributed by atoms with E-state index in [0.717, 1.165) is 36.9 Å². The van der Waals surface area contributed by atoms with Crippen molar-refractivity contribution < 1.29 is 14.3 Å². The summed E-state index contributed by atoms with van der Waals surface area (Å²) in [6, 6.07) is 0. The molecule has 0 bridgehead atoms. The Labute approximate surface area is 178 Å². The van der Waals surface area contributed by atoms with Crippen LogP contribution in [-0.4, -0.2) is 65.1 Å². The molecule has 0 radical (unpaired) electrons. The normalized spacial score (nSPS) is 17.9. The predicted molar refractivity (Wildman–Crippen MR) is 115 cm³/mol. The van der Waals surface area contributed by atoms with E-state index in [-0.39, 0.29) is 17.4 Å². The van der Waals surface area contributed by atoms with Gasteiger partial charge in [0.05, 0.1) is 12.2 Å². The Kier molecular flexibility index (Phi) is 6.13. The number of piperazine rings is 1. The van der Waals surface area contributed by atoms with Crippen LogP contribution in [0.4, 0.5) is 9.93 Å². The van der Waals surface area contributed by atoms with Gasteiger partial charge in [-0.25, -0.2) is 9.78 Å². The minimum Gasteiger partial charge on any atom is -0.444 e. The van der Waals surface area contributed by atoms with E-state index in [9.17, 15) is 9.59 Å². The Morgan fingerprint density at radius 1 is 1.00 bits per heavy atom. The summed E-state index contributed by atoms with van der Waals surface area (Å²) in [6.07, 6.45) is 1.14. The molecule has 0 aliphatic carbocycles. The molecule has 3 rings (SSSR count). The van der Waals surface area contributed by atoms with E-state index in [1.165, 1.54) is 4.88 Å². The Bertz CT molecular complexity index is 755. The van der Waals surface area contributed by atoms with E-state index in [2.05, 4.69) is 25.7 Å². The van der Waals surface area contributed by atoms with Crippen molar-refractivity contribution in [2.45, 2.75) is 66.5 Å². The van der Waals surface area contributed by atoms with Crippen LogP contribution < -0.4 is 4.90 Å².